The highest BCUT2D eigenvalue weighted by molar-refractivity contribution is 7.26. The zero-order valence-electron chi connectivity index (χ0n) is 35.5. The maximum absolute atomic E-state index is 4.27. The van der Waals surface area contributed by atoms with E-state index in [1.165, 1.54) is 92.4 Å². The predicted molar refractivity (Wildman–Crippen MR) is 277 cm³/mol. The van der Waals surface area contributed by atoms with Crippen molar-refractivity contribution in [2.45, 2.75) is 5.41 Å². The van der Waals surface area contributed by atoms with Crippen molar-refractivity contribution >= 4 is 72.0 Å². The molecular formula is C61H41BN2S. The normalized spacial score (nSPS) is 12.7. The van der Waals surface area contributed by atoms with Gasteiger partial charge in [0.05, 0.1) is 5.41 Å². The van der Waals surface area contributed by atoms with E-state index in [0.717, 1.165) is 17.1 Å². The van der Waals surface area contributed by atoms with Gasteiger partial charge in [0.1, 0.15) is 0 Å². The second-order valence-electron chi connectivity index (χ2n) is 17.2. The first-order chi connectivity index (χ1) is 32.3. The average Bonchev–Trinajstić information content (AvgIpc) is 3.76. The Balaban J connectivity index is 1.16. The summed E-state index contributed by atoms with van der Waals surface area (Å²) >= 11 is 1.89. The molecule has 304 valence electrons. The Morgan fingerprint density at radius 2 is 1.00 bits per heavy atom. The molecule has 0 spiro atoms. The van der Waals surface area contributed by atoms with E-state index < -0.39 is 5.41 Å². The molecule has 0 saturated carbocycles. The van der Waals surface area contributed by atoms with E-state index in [0.29, 0.717) is 0 Å². The number of anilines is 4. The van der Waals surface area contributed by atoms with Crippen LogP contribution in [0.4, 0.5) is 22.7 Å². The van der Waals surface area contributed by atoms with Gasteiger partial charge >= 0.3 is 6.85 Å². The van der Waals surface area contributed by atoms with Crippen LogP contribution in [0.3, 0.4) is 0 Å². The zero-order chi connectivity index (χ0) is 42.9. The maximum Gasteiger partial charge on any atom is 0.333 e. The Hall–Kier alpha value is -7.92. The minimum atomic E-state index is -0.653. The molecule has 0 bridgehead atoms. The summed E-state index contributed by atoms with van der Waals surface area (Å²) in [4.78, 5) is 2.64. The molecule has 0 fully saturated rings. The lowest BCUT2D eigenvalue weighted by molar-refractivity contribution is 0.748. The van der Waals surface area contributed by atoms with Crippen LogP contribution in [0.15, 0.2) is 243 Å². The highest BCUT2D eigenvalue weighted by atomic mass is 32.1. The molecule has 11 aromatic rings. The highest BCUT2D eigenvalue weighted by Crippen LogP contribution is 2.53. The number of benzene rings is 10. The van der Waals surface area contributed by atoms with E-state index in [9.17, 15) is 0 Å². The van der Waals surface area contributed by atoms with Crippen molar-refractivity contribution in [2.24, 2.45) is 0 Å². The van der Waals surface area contributed by atoms with Crippen LogP contribution in [0.25, 0.3) is 53.6 Å². The summed E-state index contributed by atoms with van der Waals surface area (Å²) < 4.78 is 2.58. The number of rotatable bonds is 7. The molecule has 1 aromatic heterocycles. The van der Waals surface area contributed by atoms with Crippen molar-refractivity contribution in [2.75, 3.05) is 10.1 Å². The Morgan fingerprint density at radius 3 is 1.65 bits per heavy atom. The van der Waals surface area contributed by atoms with Gasteiger partial charge in [-0.2, -0.15) is 0 Å². The summed E-state index contributed by atoms with van der Waals surface area (Å²) in [6.45, 7) is -0.166. The Labute approximate surface area is 383 Å². The largest absolute Gasteiger partial charge is 0.376 e. The number of fused-ring (bicyclic) bond motifs is 8. The van der Waals surface area contributed by atoms with E-state index in [4.69, 9.17) is 0 Å². The second kappa shape index (κ2) is 15.1. The number of para-hydroxylation sites is 1. The molecule has 0 aliphatic carbocycles. The standard InChI is InChI=1S/C61H41BN2S/c1-6-20-41(21-7-1)43-24-18-31-48(38-43)64-54-37-36-44(42-22-8-2-9-23-42)39-50(54)58-57-49-32-16-17-35-55(49)65-56(57)40-53-59(58)62(64)52-34-19-33-51(60(52)63-53)61(45-25-10-3-11-26-45,46-27-12-4-13-28-46)47-29-14-5-15-30-47/h1-40,63H. The summed E-state index contributed by atoms with van der Waals surface area (Å²) in [6.07, 6.45) is 0. The fraction of sp³-hybridized carbons (Fsp3) is 0.0164. The van der Waals surface area contributed by atoms with Crippen molar-refractivity contribution in [3.63, 3.8) is 0 Å². The minimum absolute atomic E-state index is 0.166. The van der Waals surface area contributed by atoms with Crippen molar-refractivity contribution in [1.29, 1.82) is 0 Å². The molecule has 0 saturated heterocycles. The van der Waals surface area contributed by atoms with Gasteiger partial charge in [0.25, 0.3) is 0 Å². The summed E-state index contributed by atoms with van der Waals surface area (Å²) in [5, 5.41) is 6.89. The van der Waals surface area contributed by atoms with Gasteiger partial charge in [-0.15, -0.1) is 11.3 Å². The van der Waals surface area contributed by atoms with Gasteiger partial charge in [-0.25, -0.2) is 0 Å². The van der Waals surface area contributed by atoms with E-state index in [1.807, 2.05) is 11.3 Å². The van der Waals surface area contributed by atoms with Crippen LogP contribution >= 0.6 is 11.3 Å². The van der Waals surface area contributed by atoms with Crippen molar-refractivity contribution in [1.82, 2.24) is 0 Å². The number of hydrogen-bond donors (Lipinski definition) is 1. The predicted octanol–water partition coefficient (Wildman–Crippen LogP) is 14.8. The quantitative estimate of drug-likeness (QED) is 0.127. The van der Waals surface area contributed by atoms with Crippen LogP contribution in [0.5, 0.6) is 0 Å². The smallest absolute Gasteiger partial charge is 0.333 e. The molecule has 2 nitrogen and oxygen atoms in total. The topological polar surface area (TPSA) is 15.3 Å². The zero-order valence-corrected chi connectivity index (χ0v) is 36.3. The van der Waals surface area contributed by atoms with E-state index in [1.54, 1.807) is 0 Å². The van der Waals surface area contributed by atoms with E-state index >= 15 is 0 Å². The number of thiophene rings is 1. The SMILES string of the molecule is c1ccc(-c2cccc(N3B4c5cccc(C(c6ccccc6)(c6ccccc6)c6ccccc6)c5Nc5cc6sc7ccccc7c6c(c54)-c4cc(-c5ccccc5)ccc43)c2)cc1. The van der Waals surface area contributed by atoms with Gasteiger partial charge in [0.15, 0.2) is 0 Å². The first-order valence-corrected chi connectivity index (χ1v) is 23.3. The number of nitrogens with zero attached hydrogens (tertiary/aromatic N) is 1. The van der Waals surface area contributed by atoms with Crippen LogP contribution < -0.4 is 21.1 Å². The van der Waals surface area contributed by atoms with Gasteiger partial charge in [-0.1, -0.05) is 206 Å². The van der Waals surface area contributed by atoms with Crippen molar-refractivity contribution in [3.05, 3.63) is 265 Å². The van der Waals surface area contributed by atoms with Crippen molar-refractivity contribution < 1.29 is 0 Å². The molecule has 65 heavy (non-hydrogen) atoms. The molecule has 2 aliphatic heterocycles. The molecule has 0 amide bonds. The molecule has 0 radical (unpaired) electrons. The Morgan fingerprint density at radius 1 is 0.446 bits per heavy atom. The lowest BCUT2D eigenvalue weighted by atomic mass is 9.43. The van der Waals surface area contributed by atoms with Gasteiger partial charge in [-0.3, -0.25) is 0 Å². The fourth-order valence-corrected chi connectivity index (χ4v) is 12.2. The van der Waals surface area contributed by atoms with Gasteiger partial charge in [0.2, 0.25) is 0 Å². The lowest BCUT2D eigenvalue weighted by Gasteiger charge is -2.45. The molecule has 3 heterocycles. The fourth-order valence-electron chi connectivity index (χ4n) is 11.1. The number of hydrogen-bond acceptors (Lipinski definition) is 3. The maximum atomic E-state index is 4.27. The molecule has 2 aliphatic rings. The van der Waals surface area contributed by atoms with Crippen molar-refractivity contribution in [3.8, 4) is 33.4 Å². The first-order valence-electron chi connectivity index (χ1n) is 22.5. The lowest BCUT2D eigenvalue weighted by Crippen LogP contribution is -2.61. The first kappa shape index (κ1) is 37.6. The average molecular weight is 845 g/mol. The third-order valence-corrected chi connectivity index (χ3v) is 14.9. The van der Waals surface area contributed by atoms with Crippen LogP contribution in [-0.2, 0) is 5.41 Å². The van der Waals surface area contributed by atoms with Crippen LogP contribution in [0.1, 0.15) is 22.3 Å². The molecule has 10 aromatic carbocycles. The van der Waals surface area contributed by atoms with Crippen LogP contribution in [0.2, 0.25) is 0 Å². The van der Waals surface area contributed by atoms with Crippen LogP contribution in [0, 0.1) is 0 Å². The molecule has 1 N–H and O–H groups in total. The molecule has 13 rings (SSSR count). The summed E-state index contributed by atoms with van der Waals surface area (Å²) in [5.41, 5.74) is 18.7. The summed E-state index contributed by atoms with van der Waals surface area (Å²) in [7, 11) is 0. The summed E-state index contributed by atoms with van der Waals surface area (Å²) in [5.74, 6) is 0. The van der Waals surface area contributed by atoms with Gasteiger partial charge in [-0.05, 0) is 97.4 Å². The third-order valence-electron chi connectivity index (χ3n) is 13.8. The van der Waals surface area contributed by atoms with Crippen LogP contribution in [-0.4, -0.2) is 6.85 Å². The molecule has 0 unspecified atom stereocenters. The minimum Gasteiger partial charge on any atom is -0.376 e. The monoisotopic (exact) mass is 844 g/mol. The Bertz CT molecular complexity index is 3470. The molecule has 4 heteroatoms. The highest BCUT2D eigenvalue weighted by Gasteiger charge is 2.47. The Kier molecular flexibility index (Phi) is 8.75. The van der Waals surface area contributed by atoms with Gasteiger partial charge in [0, 0.05) is 48.5 Å². The third kappa shape index (κ3) is 5.81. The van der Waals surface area contributed by atoms with Gasteiger partial charge < -0.3 is 10.1 Å². The molecular weight excluding hydrogens is 804 g/mol. The van der Waals surface area contributed by atoms with E-state index in [2.05, 4.69) is 253 Å². The second-order valence-corrected chi connectivity index (χ2v) is 18.3. The summed E-state index contributed by atoms with van der Waals surface area (Å²) in [6, 6.07) is 89.7. The molecule has 0 atom stereocenters. The van der Waals surface area contributed by atoms with E-state index in [-0.39, 0.29) is 6.85 Å². The number of nitrogens with one attached hydrogen (secondary N) is 1.